The first kappa shape index (κ1) is 12.7. The third-order valence-electron chi connectivity index (χ3n) is 4.88. The number of carbonyl (C=O) groups excluding carboxylic acids is 2. The van der Waals surface area contributed by atoms with Crippen LogP contribution in [-0.2, 0) is 19.1 Å². The zero-order chi connectivity index (χ0) is 14.6. The molecule has 0 aromatic heterocycles. The average molecular weight is 287 g/mol. The van der Waals surface area contributed by atoms with E-state index in [-0.39, 0.29) is 23.8 Å². The van der Waals surface area contributed by atoms with E-state index in [0.29, 0.717) is 17.1 Å². The van der Waals surface area contributed by atoms with Crippen LogP contribution in [0.4, 0.5) is 0 Å². The minimum absolute atomic E-state index is 0.0683. The second kappa shape index (κ2) is 4.48. The normalized spacial score (nSPS) is 38.8. The van der Waals surface area contributed by atoms with Crippen molar-refractivity contribution in [1.29, 1.82) is 0 Å². The topological polar surface area (TPSA) is 64.6 Å². The fourth-order valence-electron chi connectivity index (χ4n) is 3.83. The summed E-state index contributed by atoms with van der Waals surface area (Å²) in [5.41, 5.74) is 2.59. The number of rotatable bonds is 2. The Bertz CT molecular complexity index is 616. The van der Waals surface area contributed by atoms with Crippen LogP contribution < -0.4 is 5.32 Å². The van der Waals surface area contributed by atoms with Crippen LogP contribution in [-0.4, -0.2) is 24.2 Å². The Morgan fingerprint density at radius 3 is 3.05 bits per heavy atom. The molecule has 2 aliphatic heterocycles. The molecular weight excluding hydrogens is 270 g/mol. The summed E-state index contributed by atoms with van der Waals surface area (Å²) >= 11 is 0. The maximum atomic E-state index is 12.1. The monoisotopic (exact) mass is 287 g/mol. The third-order valence-corrected chi connectivity index (χ3v) is 4.88. The van der Waals surface area contributed by atoms with Crippen LogP contribution in [0.1, 0.15) is 26.2 Å². The van der Waals surface area contributed by atoms with Crippen LogP contribution in [0.5, 0.6) is 0 Å². The molecule has 0 aromatic carbocycles. The van der Waals surface area contributed by atoms with E-state index in [4.69, 9.17) is 9.47 Å². The molecule has 0 spiro atoms. The van der Waals surface area contributed by atoms with Gasteiger partial charge in [0.15, 0.2) is 0 Å². The summed E-state index contributed by atoms with van der Waals surface area (Å²) in [5, 5.41) is 3.05. The van der Waals surface area contributed by atoms with Gasteiger partial charge in [0.05, 0.1) is 17.9 Å². The summed E-state index contributed by atoms with van der Waals surface area (Å²) in [5.74, 6) is 0.362. The lowest BCUT2D eigenvalue weighted by atomic mass is 9.96. The van der Waals surface area contributed by atoms with Crippen LogP contribution in [0.3, 0.4) is 0 Å². The van der Waals surface area contributed by atoms with E-state index >= 15 is 0 Å². The highest BCUT2D eigenvalue weighted by atomic mass is 16.7. The van der Waals surface area contributed by atoms with Gasteiger partial charge in [-0.15, -0.1) is 0 Å². The van der Waals surface area contributed by atoms with Crippen LogP contribution >= 0.6 is 0 Å². The van der Waals surface area contributed by atoms with Crippen LogP contribution in [0, 0.1) is 11.8 Å². The summed E-state index contributed by atoms with van der Waals surface area (Å²) in [7, 11) is 0. The predicted molar refractivity (Wildman–Crippen MR) is 73.6 cm³/mol. The van der Waals surface area contributed by atoms with Gasteiger partial charge in [-0.2, -0.15) is 0 Å². The maximum absolute atomic E-state index is 12.1. The molecule has 0 aromatic rings. The number of fused-ring (bicyclic) bond motifs is 3. The molecule has 4 aliphatic rings. The van der Waals surface area contributed by atoms with Gasteiger partial charge in [-0.3, -0.25) is 4.79 Å². The standard InChI is InChI=1S/C16H17NO4/c1-8-5-13(21-16(8)19)20-7-12-11-6-9-3-2-4-10(9)14(11)17-15(12)18/h4-5,7,9,11,13-14H,2-3,6H2,1H3,(H,17,18). The maximum Gasteiger partial charge on any atom is 0.336 e. The van der Waals surface area contributed by atoms with E-state index in [1.165, 1.54) is 18.3 Å². The molecule has 1 saturated heterocycles. The Labute approximate surface area is 122 Å². The first-order valence-electron chi connectivity index (χ1n) is 7.39. The highest BCUT2D eigenvalue weighted by Gasteiger charge is 2.48. The van der Waals surface area contributed by atoms with Crippen molar-refractivity contribution in [3.63, 3.8) is 0 Å². The van der Waals surface area contributed by atoms with Gasteiger partial charge in [0.1, 0.15) is 0 Å². The second-order valence-corrected chi connectivity index (χ2v) is 6.10. The molecular formula is C16H17NO4. The van der Waals surface area contributed by atoms with E-state index in [0.717, 1.165) is 12.8 Å². The van der Waals surface area contributed by atoms with E-state index in [9.17, 15) is 9.59 Å². The van der Waals surface area contributed by atoms with Gasteiger partial charge < -0.3 is 14.8 Å². The lowest BCUT2D eigenvalue weighted by Gasteiger charge is -2.11. The zero-order valence-corrected chi connectivity index (χ0v) is 11.8. The quantitative estimate of drug-likeness (QED) is 0.362. The number of hydrogen-bond acceptors (Lipinski definition) is 4. The number of amides is 1. The fraction of sp³-hybridized carbons (Fsp3) is 0.500. The fourth-order valence-corrected chi connectivity index (χ4v) is 3.83. The zero-order valence-electron chi connectivity index (χ0n) is 11.8. The molecule has 2 heterocycles. The molecule has 110 valence electrons. The van der Waals surface area contributed by atoms with Gasteiger partial charge in [0.2, 0.25) is 0 Å². The third kappa shape index (κ3) is 1.91. The molecule has 21 heavy (non-hydrogen) atoms. The van der Waals surface area contributed by atoms with Crippen molar-refractivity contribution in [2.45, 2.75) is 38.5 Å². The van der Waals surface area contributed by atoms with Crippen LogP contribution in [0.25, 0.3) is 0 Å². The van der Waals surface area contributed by atoms with E-state index in [1.54, 1.807) is 13.0 Å². The molecule has 2 fully saturated rings. The lowest BCUT2D eigenvalue weighted by molar-refractivity contribution is -0.152. The molecule has 0 bridgehead atoms. The SMILES string of the molecule is CC1=CC(OC=C2C(=O)NC3C4=CCCC4CC23)OC1=O. The summed E-state index contributed by atoms with van der Waals surface area (Å²) in [6, 6.07) is 0.142. The van der Waals surface area contributed by atoms with Crippen molar-refractivity contribution in [1.82, 2.24) is 5.32 Å². The lowest BCUT2D eigenvalue weighted by Crippen LogP contribution is -2.27. The number of allylic oxidation sites excluding steroid dienone is 1. The second-order valence-electron chi connectivity index (χ2n) is 6.10. The van der Waals surface area contributed by atoms with E-state index in [1.807, 2.05) is 0 Å². The van der Waals surface area contributed by atoms with Crippen molar-refractivity contribution in [2.24, 2.45) is 11.8 Å². The predicted octanol–water partition coefficient (Wildman–Crippen LogP) is 1.57. The first-order chi connectivity index (χ1) is 10.1. The van der Waals surface area contributed by atoms with Gasteiger partial charge in [-0.1, -0.05) is 6.08 Å². The summed E-state index contributed by atoms with van der Waals surface area (Å²) in [4.78, 5) is 23.4. The minimum atomic E-state index is -0.711. The number of esters is 1. The smallest absolute Gasteiger partial charge is 0.336 e. The van der Waals surface area contributed by atoms with Crippen molar-refractivity contribution in [3.05, 3.63) is 35.1 Å². The summed E-state index contributed by atoms with van der Waals surface area (Å²) < 4.78 is 10.5. The largest absolute Gasteiger partial charge is 0.458 e. The molecule has 5 heteroatoms. The van der Waals surface area contributed by atoms with E-state index in [2.05, 4.69) is 11.4 Å². The molecule has 2 aliphatic carbocycles. The van der Waals surface area contributed by atoms with Gasteiger partial charge in [0, 0.05) is 17.6 Å². The highest BCUT2D eigenvalue weighted by molar-refractivity contribution is 5.97. The summed E-state index contributed by atoms with van der Waals surface area (Å²) in [6.45, 7) is 1.68. The molecule has 1 saturated carbocycles. The van der Waals surface area contributed by atoms with Crippen LogP contribution in [0.15, 0.2) is 35.1 Å². The van der Waals surface area contributed by atoms with Crippen molar-refractivity contribution >= 4 is 11.9 Å². The van der Waals surface area contributed by atoms with Gasteiger partial charge in [-0.25, -0.2) is 4.79 Å². The van der Waals surface area contributed by atoms with E-state index < -0.39 is 6.29 Å². The van der Waals surface area contributed by atoms with Crippen molar-refractivity contribution < 1.29 is 19.1 Å². The van der Waals surface area contributed by atoms with Gasteiger partial charge in [0.25, 0.3) is 12.2 Å². The Balaban J connectivity index is 1.51. The Hall–Kier alpha value is -2.04. The van der Waals surface area contributed by atoms with Crippen LogP contribution in [0.2, 0.25) is 0 Å². The summed E-state index contributed by atoms with van der Waals surface area (Å²) in [6.07, 6.45) is 7.97. The highest BCUT2D eigenvalue weighted by Crippen LogP contribution is 2.48. The molecule has 4 atom stereocenters. The number of cyclic esters (lactones) is 1. The molecule has 5 nitrogen and oxygen atoms in total. The van der Waals surface area contributed by atoms with Crippen molar-refractivity contribution in [3.8, 4) is 0 Å². The average Bonchev–Trinajstić information content (AvgIpc) is 3.13. The first-order valence-corrected chi connectivity index (χ1v) is 7.39. The Kier molecular flexibility index (Phi) is 2.71. The number of nitrogens with one attached hydrogen (secondary N) is 1. The van der Waals surface area contributed by atoms with Gasteiger partial charge in [-0.05, 0) is 37.7 Å². The van der Waals surface area contributed by atoms with Gasteiger partial charge >= 0.3 is 5.97 Å². The molecule has 4 rings (SSSR count). The van der Waals surface area contributed by atoms with Crippen molar-refractivity contribution in [2.75, 3.05) is 0 Å². The molecule has 1 N–H and O–H groups in total. The number of ether oxygens (including phenoxy) is 2. The number of hydrogen-bond donors (Lipinski definition) is 1. The molecule has 0 radical (unpaired) electrons. The Morgan fingerprint density at radius 2 is 2.29 bits per heavy atom. The molecule has 4 unspecified atom stereocenters. The number of carbonyl (C=O) groups is 2. The Morgan fingerprint density at radius 1 is 1.43 bits per heavy atom. The molecule has 1 amide bonds. The minimum Gasteiger partial charge on any atom is -0.458 e.